The van der Waals surface area contributed by atoms with Crippen LogP contribution < -0.4 is 5.32 Å². The van der Waals surface area contributed by atoms with Crippen molar-refractivity contribution in [3.63, 3.8) is 0 Å². The molecule has 2 rings (SSSR count). The zero-order chi connectivity index (χ0) is 18.8. The Bertz CT molecular complexity index is 744. The summed E-state index contributed by atoms with van der Waals surface area (Å²) in [5.74, 6) is -2.03. The number of alkyl halides is 3. The van der Waals surface area contributed by atoms with Gasteiger partial charge in [0.25, 0.3) is 5.91 Å². The Morgan fingerprint density at radius 3 is 2.40 bits per heavy atom. The Morgan fingerprint density at radius 2 is 1.88 bits per heavy atom. The van der Waals surface area contributed by atoms with E-state index in [4.69, 9.17) is 0 Å². The van der Waals surface area contributed by atoms with Crippen molar-refractivity contribution in [2.75, 3.05) is 5.32 Å². The first kappa shape index (κ1) is 19.2. The number of aliphatic hydroxyl groups is 1. The maximum Gasteiger partial charge on any atom is 0.426 e. The van der Waals surface area contributed by atoms with Gasteiger partial charge in [-0.2, -0.15) is 13.2 Å². The summed E-state index contributed by atoms with van der Waals surface area (Å²) in [4.78, 5) is 16.1. The van der Waals surface area contributed by atoms with E-state index in [1.807, 2.05) is 5.32 Å². The van der Waals surface area contributed by atoms with E-state index in [2.05, 4.69) is 4.98 Å². The predicted molar refractivity (Wildman–Crippen MR) is 88.3 cm³/mol. The molecule has 0 aliphatic rings. The van der Waals surface area contributed by atoms with Crippen LogP contribution in [0.25, 0.3) is 11.3 Å². The third-order valence-corrected chi connectivity index (χ3v) is 4.19. The third-order valence-electron chi connectivity index (χ3n) is 3.44. The zero-order valence-electron chi connectivity index (χ0n) is 13.5. The number of phenolic OH excluding ortho intramolecular Hbond substituents is 1. The van der Waals surface area contributed by atoms with Crippen LogP contribution in [0.15, 0.2) is 29.6 Å². The minimum absolute atomic E-state index is 0.0560. The summed E-state index contributed by atoms with van der Waals surface area (Å²) >= 11 is 0.939. The van der Waals surface area contributed by atoms with Crippen molar-refractivity contribution in [2.24, 2.45) is 5.92 Å². The molecule has 0 saturated carbocycles. The lowest BCUT2D eigenvalue weighted by atomic mass is 9.91. The molecule has 1 aromatic carbocycles. The number of hydrogen-bond donors (Lipinski definition) is 3. The van der Waals surface area contributed by atoms with Gasteiger partial charge in [0.2, 0.25) is 5.60 Å². The fourth-order valence-corrected chi connectivity index (χ4v) is 2.94. The number of hydrogen-bond acceptors (Lipinski definition) is 5. The fraction of sp³-hybridized carbons (Fsp3) is 0.375. The van der Waals surface area contributed by atoms with Crippen LogP contribution in [0.2, 0.25) is 0 Å². The van der Waals surface area contributed by atoms with E-state index in [0.29, 0.717) is 11.3 Å². The first-order valence-electron chi connectivity index (χ1n) is 7.38. The number of benzene rings is 1. The molecular formula is C16H17F3N2O3S. The number of nitrogens with one attached hydrogen (secondary N) is 1. The summed E-state index contributed by atoms with van der Waals surface area (Å²) < 4.78 is 39.5. The number of amides is 1. The molecule has 2 aromatic rings. The molecule has 1 amide bonds. The van der Waals surface area contributed by atoms with Gasteiger partial charge >= 0.3 is 6.18 Å². The van der Waals surface area contributed by atoms with E-state index < -0.39 is 30.0 Å². The molecule has 0 spiro atoms. The van der Waals surface area contributed by atoms with Crippen LogP contribution in [0.1, 0.15) is 20.3 Å². The average molecular weight is 374 g/mol. The first-order chi connectivity index (χ1) is 11.5. The van der Waals surface area contributed by atoms with Gasteiger partial charge in [0.05, 0.1) is 5.69 Å². The van der Waals surface area contributed by atoms with Gasteiger partial charge in [-0.1, -0.05) is 13.8 Å². The summed E-state index contributed by atoms with van der Waals surface area (Å²) in [5, 5.41) is 22.7. The molecule has 5 nitrogen and oxygen atoms in total. The topological polar surface area (TPSA) is 82.5 Å². The van der Waals surface area contributed by atoms with E-state index in [9.17, 15) is 28.2 Å². The molecular weight excluding hydrogens is 357 g/mol. The van der Waals surface area contributed by atoms with Gasteiger partial charge in [-0.05, 0) is 36.6 Å². The number of carbonyl (C=O) groups excluding carboxylic acids is 1. The van der Waals surface area contributed by atoms with Crippen molar-refractivity contribution in [3.05, 3.63) is 29.6 Å². The minimum Gasteiger partial charge on any atom is -0.508 e. The molecule has 1 atom stereocenters. The highest BCUT2D eigenvalue weighted by Crippen LogP contribution is 2.37. The number of carbonyl (C=O) groups is 1. The second-order valence-corrected chi connectivity index (χ2v) is 6.85. The lowest BCUT2D eigenvalue weighted by molar-refractivity contribution is -0.253. The Morgan fingerprint density at radius 1 is 1.28 bits per heavy atom. The standard InChI is InChI=1S/C16H17F3N2O3S/c1-9(2)7-15(24,16(17,18)19)13(23)21-14-20-12(8-25-14)10-3-5-11(22)6-4-10/h3-6,8-9,22,24H,7H2,1-2H3,(H,20,21,23). The summed E-state index contributed by atoms with van der Waals surface area (Å²) in [6.07, 6.45) is -5.85. The van der Waals surface area contributed by atoms with E-state index in [0.717, 1.165) is 11.3 Å². The number of rotatable bonds is 5. The molecule has 25 heavy (non-hydrogen) atoms. The molecule has 0 fully saturated rings. The number of aromatic nitrogens is 1. The van der Waals surface area contributed by atoms with Crippen LogP contribution >= 0.6 is 11.3 Å². The number of phenols is 1. The van der Waals surface area contributed by atoms with Gasteiger partial charge in [-0.25, -0.2) is 4.98 Å². The SMILES string of the molecule is CC(C)CC(O)(C(=O)Nc1nc(-c2ccc(O)cc2)cs1)C(F)(F)F. The van der Waals surface area contributed by atoms with Crippen LogP contribution in [0.5, 0.6) is 5.75 Å². The Labute approximate surface area is 146 Å². The predicted octanol–water partition coefficient (Wildman–Crippen LogP) is 3.79. The summed E-state index contributed by atoms with van der Waals surface area (Å²) in [6.45, 7) is 2.96. The highest BCUT2D eigenvalue weighted by molar-refractivity contribution is 7.14. The molecule has 0 aliphatic carbocycles. The second kappa shape index (κ2) is 7.01. The first-order valence-corrected chi connectivity index (χ1v) is 8.26. The lowest BCUT2D eigenvalue weighted by Crippen LogP contribution is -2.55. The van der Waals surface area contributed by atoms with E-state index in [1.54, 1.807) is 17.5 Å². The van der Waals surface area contributed by atoms with Crippen LogP contribution in [0.4, 0.5) is 18.3 Å². The Hall–Kier alpha value is -2.13. The number of aromatic hydroxyl groups is 1. The number of thiazole rings is 1. The second-order valence-electron chi connectivity index (χ2n) is 5.99. The van der Waals surface area contributed by atoms with Crippen molar-refractivity contribution in [1.29, 1.82) is 0 Å². The third kappa shape index (κ3) is 4.29. The smallest absolute Gasteiger partial charge is 0.426 e. The van der Waals surface area contributed by atoms with Crippen LogP contribution in [-0.4, -0.2) is 32.9 Å². The van der Waals surface area contributed by atoms with Crippen molar-refractivity contribution < 1.29 is 28.2 Å². The van der Waals surface area contributed by atoms with E-state index in [1.165, 1.54) is 26.0 Å². The zero-order valence-corrected chi connectivity index (χ0v) is 14.3. The highest BCUT2D eigenvalue weighted by atomic mass is 32.1. The maximum atomic E-state index is 13.2. The molecule has 136 valence electrons. The number of anilines is 1. The Kier molecular flexibility index (Phi) is 5.38. The van der Waals surface area contributed by atoms with Gasteiger partial charge in [-0.3, -0.25) is 10.1 Å². The van der Waals surface area contributed by atoms with Gasteiger partial charge in [0, 0.05) is 10.9 Å². The largest absolute Gasteiger partial charge is 0.508 e. The molecule has 3 N–H and O–H groups in total. The molecule has 1 heterocycles. The average Bonchev–Trinajstić information content (AvgIpc) is 2.94. The Balaban J connectivity index is 2.20. The van der Waals surface area contributed by atoms with Crippen LogP contribution in [0.3, 0.4) is 0 Å². The van der Waals surface area contributed by atoms with Crippen molar-refractivity contribution in [1.82, 2.24) is 4.98 Å². The molecule has 9 heteroatoms. The molecule has 0 saturated heterocycles. The minimum atomic E-state index is -5.10. The quantitative estimate of drug-likeness (QED) is 0.744. The molecule has 1 unspecified atom stereocenters. The van der Waals surface area contributed by atoms with Gasteiger partial charge in [-0.15, -0.1) is 11.3 Å². The van der Waals surface area contributed by atoms with Crippen LogP contribution in [-0.2, 0) is 4.79 Å². The highest BCUT2D eigenvalue weighted by Gasteiger charge is 2.59. The molecule has 0 bridgehead atoms. The van der Waals surface area contributed by atoms with Gasteiger partial charge in [0.15, 0.2) is 5.13 Å². The van der Waals surface area contributed by atoms with Crippen molar-refractivity contribution in [2.45, 2.75) is 32.0 Å². The fourth-order valence-electron chi connectivity index (χ4n) is 2.22. The van der Waals surface area contributed by atoms with E-state index in [-0.39, 0.29) is 10.9 Å². The molecule has 0 radical (unpaired) electrons. The van der Waals surface area contributed by atoms with Gasteiger partial charge < -0.3 is 10.2 Å². The lowest BCUT2D eigenvalue weighted by Gasteiger charge is -2.30. The van der Waals surface area contributed by atoms with E-state index >= 15 is 0 Å². The number of nitrogens with zero attached hydrogens (tertiary/aromatic N) is 1. The summed E-state index contributed by atoms with van der Waals surface area (Å²) in [7, 11) is 0. The summed E-state index contributed by atoms with van der Waals surface area (Å²) in [6, 6.07) is 6.05. The number of halogens is 3. The summed E-state index contributed by atoms with van der Waals surface area (Å²) in [5.41, 5.74) is -2.42. The normalized spacial score (nSPS) is 14.4. The van der Waals surface area contributed by atoms with Crippen molar-refractivity contribution >= 4 is 22.4 Å². The van der Waals surface area contributed by atoms with Crippen LogP contribution in [0, 0.1) is 5.92 Å². The molecule has 1 aromatic heterocycles. The van der Waals surface area contributed by atoms with Crippen molar-refractivity contribution in [3.8, 4) is 17.0 Å². The molecule has 0 aliphatic heterocycles. The maximum absolute atomic E-state index is 13.2. The van der Waals surface area contributed by atoms with Gasteiger partial charge in [0.1, 0.15) is 5.75 Å². The monoisotopic (exact) mass is 374 g/mol.